The number of fused-ring (bicyclic) bond motifs is 3. The van der Waals surface area contributed by atoms with Crippen molar-refractivity contribution in [3.05, 3.63) is 64.8 Å². The molecule has 4 rings (SSSR count). The maximum Gasteiger partial charge on any atom is 0.346 e. The molecule has 1 aromatic carbocycles. The van der Waals surface area contributed by atoms with E-state index < -0.39 is 5.63 Å². The maximum atomic E-state index is 12.6. The Morgan fingerprint density at radius 1 is 1.12 bits per heavy atom. The van der Waals surface area contributed by atoms with Crippen LogP contribution in [0.5, 0.6) is 0 Å². The number of pyridine rings is 2. The fourth-order valence-corrected chi connectivity index (χ4v) is 2.82. The van der Waals surface area contributed by atoms with Crippen LogP contribution in [0.2, 0.25) is 0 Å². The third-order valence-corrected chi connectivity index (χ3v) is 3.85. The van der Waals surface area contributed by atoms with Gasteiger partial charge in [0.2, 0.25) is 0 Å². The van der Waals surface area contributed by atoms with Crippen molar-refractivity contribution in [2.75, 3.05) is 5.73 Å². The van der Waals surface area contributed by atoms with E-state index in [0.29, 0.717) is 27.6 Å². The van der Waals surface area contributed by atoms with Crippen molar-refractivity contribution in [2.45, 2.75) is 0 Å². The minimum atomic E-state index is -0.556. The first kappa shape index (κ1) is 13.9. The van der Waals surface area contributed by atoms with Gasteiger partial charge in [-0.2, -0.15) is 5.26 Å². The number of rotatable bonds is 1. The summed E-state index contributed by atoms with van der Waals surface area (Å²) in [5.74, 6) is 0.0764. The number of hydrogen-bond acceptors (Lipinski definition) is 6. The summed E-state index contributed by atoms with van der Waals surface area (Å²) in [7, 11) is 0. The second kappa shape index (κ2) is 5.18. The molecule has 24 heavy (non-hydrogen) atoms. The SMILES string of the molecule is N#Cc1c(N)nc2c(c1-c1ccncc1)c(=O)oc1ccccc12. The summed E-state index contributed by atoms with van der Waals surface area (Å²) in [6, 6.07) is 12.6. The monoisotopic (exact) mass is 314 g/mol. The van der Waals surface area contributed by atoms with Crippen LogP contribution in [0.4, 0.5) is 5.82 Å². The van der Waals surface area contributed by atoms with Crippen LogP contribution in [0.1, 0.15) is 5.56 Å². The molecule has 6 heteroatoms. The second-order valence-electron chi connectivity index (χ2n) is 5.20. The molecule has 0 aliphatic heterocycles. The van der Waals surface area contributed by atoms with Crippen LogP contribution in [0.3, 0.4) is 0 Å². The van der Waals surface area contributed by atoms with Crippen LogP contribution in [-0.4, -0.2) is 9.97 Å². The van der Waals surface area contributed by atoms with Gasteiger partial charge in [-0.3, -0.25) is 4.98 Å². The zero-order valence-corrected chi connectivity index (χ0v) is 12.4. The molecule has 3 aromatic heterocycles. The van der Waals surface area contributed by atoms with Gasteiger partial charge >= 0.3 is 5.63 Å². The van der Waals surface area contributed by atoms with Crippen LogP contribution in [0.25, 0.3) is 33.0 Å². The highest BCUT2D eigenvalue weighted by atomic mass is 16.4. The topological polar surface area (TPSA) is 106 Å². The van der Waals surface area contributed by atoms with E-state index in [1.54, 1.807) is 42.7 Å². The maximum absolute atomic E-state index is 12.6. The van der Waals surface area contributed by atoms with Gasteiger partial charge in [0.15, 0.2) is 0 Å². The average Bonchev–Trinajstić information content (AvgIpc) is 2.61. The Hall–Kier alpha value is -3.72. The minimum Gasteiger partial charge on any atom is -0.422 e. The Bertz CT molecular complexity index is 1190. The molecule has 114 valence electrons. The van der Waals surface area contributed by atoms with E-state index in [4.69, 9.17) is 10.2 Å². The number of hydrogen-bond donors (Lipinski definition) is 1. The number of nitriles is 1. The highest BCUT2D eigenvalue weighted by Gasteiger charge is 2.20. The summed E-state index contributed by atoms with van der Waals surface area (Å²) in [6.45, 7) is 0. The van der Waals surface area contributed by atoms with Gasteiger partial charge in [0, 0.05) is 23.3 Å². The summed E-state index contributed by atoms with van der Waals surface area (Å²) in [5.41, 5.74) is 7.51. The molecule has 0 unspecified atom stereocenters. The average molecular weight is 314 g/mol. The van der Waals surface area contributed by atoms with E-state index in [2.05, 4.69) is 9.97 Å². The number of aromatic nitrogens is 2. The van der Waals surface area contributed by atoms with E-state index >= 15 is 0 Å². The number of nitrogens with two attached hydrogens (primary N) is 1. The zero-order chi connectivity index (χ0) is 16.7. The van der Waals surface area contributed by atoms with Crippen molar-refractivity contribution >= 4 is 27.7 Å². The Labute approximate surface area is 135 Å². The fourth-order valence-electron chi connectivity index (χ4n) is 2.82. The van der Waals surface area contributed by atoms with Crippen LogP contribution in [0.15, 0.2) is 58.0 Å². The molecule has 0 spiro atoms. The Kier molecular flexibility index (Phi) is 3.00. The molecule has 6 nitrogen and oxygen atoms in total. The molecule has 0 aliphatic carbocycles. The molecular weight excluding hydrogens is 304 g/mol. The predicted octanol–water partition coefficient (Wildman–Crippen LogP) is 2.86. The molecule has 3 heterocycles. The second-order valence-corrected chi connectivity index (χ2v) is 5.20. The van der Waals surface area contributed by atoms with E-state index in [0.717, 1.165) is 0 Å². The van der Waals surface area contributed by atoms with Gasteiger partial charge in [-0.25, -0.2) is 9.78 Å². The zero-order valence-electron chi connectivity index (χ0n) is 12.4. The van der Waals surface area contributed by atoms with Gasteiger partial charge in [-0.1, -0.05) is 12.1 Å². The highest BCUT2D eigenvalue weighted by molar-refractivity contribution is 6.09. The number of anilines is 1. The summed E-state index contributed by atoms with van der Waals surface area (Å²) in [5, 5.41) is 10.4. The summed E-state index contributed by atoms with van der Waals surface area (Å²) < 4.78 is 5.42. The molecule has 0 amide bonds. The first-order valence-electron chi connectivity index (χ1n) is 7.16. The van der Waals surface area contributed by atoms with Crippen molar-refractivity contribution in [3.8, 4) is 17.2 Å². The molecule has 0 bridgehead atoms. The van der Waals surface area contributed by atoms with Gasteiger partial charge < -0.3 is 10.2 Å². The quantitative estimate of drug-likeness (QED) is 0.428. The molecule has 0 fully saturated rings. The first-order valence-corrected chi connectivity index (χ1v) is 7.16. The third kappa shape index (κ3) is 1.92. The Morgan fingerprint density at radius 2 is 1.88 bits per heavy atom. The van der Waals surface area contributed by atoms with Gasteiger partial charge in [0.1, 0.15) is 23.0 Å². The summed E-state index contributed by atoms with van der Waals surface area (Å²) in [6.07, 6.45) is 3.17. The Balaban J connectivity index is 2.31. The van der Waals surface area contributed by atoms with E-state index in [1.807, 2.05) is 12.1 Å². The van der Waals surface area contributed by atoms with Crippen molar-refractivity contribution in [1.29, 1.82) is 5.26 Å². The lowest BCUT2D eigenvalue weighted by Crippen LogP contribution is -2.08. The molecule has 0 atom stereocenters. The standard InChI is InChI=1S/C18H10N4O2/c19-9-12-14(10-5-7-21-8-6-10)15-16(22-17(12)20)11-3-1-2-4-13(11)24-18(15)23/h1-8H,(H2,20,22). The number of benzene rings is 1. The lowest BCUT2D eigenvalue weighted by atomic mass is 9.97. The largest absolute Gasteiger partial charge is 0.422 e. The first-order chi connectivity index (χ1) is 11.7. The van der Waals surface area contributed by atoms with Crippen molar-refractivity contribution in [2.24, 2.45) is 0 Å². The van der Waals surface area contributed by atoms with Gasteiger partial charge in [0.25, 0.3) is 0 Å². The highest BCUT2D eigenvalue weighted by Crippen LogP contribution is 2.34. The molecule has 2 N–H and O–H groups in total. The number of nitrogens with zero attached hydrogens (tertiary/aromatic N) is 3. The molecule has 0 saturated carbocycles. The van der Waals surface area contributed by atoms with Crippen LogP contribution < -0.4 is 11.4 Å². The summed E-state index contributed by atoms with van der Waals surface area (Å²) >= 11 is 0. The lowest BCUT2D eigenvalue weighted by molar-refractivity contribution is 0.569. The molecule has 0 aliphatic rings. The van der Waals surface area contributed by atoms with Gasteiger partial charge in [-0.05, 0) is 29.8 Å². The van der Waals surface area contributed by atoms with Crippen molar-refractivity contribution in [1.82, 2.24) is 9.97 Å². The van der Waals surface area contributed by atoms with Crippen LogP contribution in [-0.2, 0) is 0 Å². The van der Waals surface area contributed by atoms with Crippen LogP contribution in [0, 0.1) is 11.3 Å². The van der Waals surface area contributed by atoms with E-state index in [-0.39, 0.29) is 16.8 Å². The van der Waals surface area contributed by atoms with Crippen molar-refractivity contribution < 1.29 is 4.42 Å². The normalized spacial score (nSPS) is 10.8. The molecular formula is C18H10N4O2. The predicted molar refractivity (Wildman–Crippen MR) is 90.1 cm³/mol. The van der Waals surface area contributed by atoms with E-state index in [9.17, 15) is 10.1 Å². The fraction of sp³-hybridized carbons (Fsp3) is 0. The Morgan fingerprint density at radius 3 is 2.62 bits per heavy atom. The molecule has 0 radical (unpaired) electrons. The number of nitrogen functional groups attached to an aromatic ring is 1. The number of para-hydroxylation sites is 1. The van der Waals surface area contributed by atoms with Gasteiger partial charge in [0.05, 0.1) is 10.9 Å². The lowest BCUT2D eigenvalue weighted by Gasteiger charge is -2.11. The molecule has 4 aromatic rings. The van der Waals surface area contributed by atoms with Crippen LogP contribution >= 0.6 is 0 Å². The third-order valence-electron chi connectivity index (χ3n) is 3.85. The smallest absolute Gasteiger partial charge is 0.346 e. The van der Waals surface area contributed by atoms with Gasteiger partial charge in [-0.15, -0.1) is 0 Å². The minimum absolute atomic E-state index is 0.0764. The molecule has 0 saturated heterocycles. The summed E-state index contributed by atoms with van der Waals surface area (Å²) in [4.78, 5) is 20.9. The van der Waals surface area contributed by atoms with E-state index in [1.165, 1.54) is 0 Å². The van der Waals surface area contributed by atoms with Crippen molar-refractivity contribution in [3.63, 3.8) is 0 Å².